The normalized spacial score (nSPS) is 16.8. The number of carbonyl (C=O) groups is 2. The Morgan fingerprint density at radius 3 is 2.76 bits per heavy atom. The number of furan rings is 1. The summed E-state index contributed by atoms with van der Waals surface area (Å²) in [5.41, 5.74) is 0. The number of hydrogen-bond donors (Lipinski definition) is 0. The van der Waals surface area contributed by atoms with Crippen LogP contribution in [0.2, 0.25) is 0 Å². The van der Waals surface area contributed by atoms with Crippen LogP contribution < -0.4 is 0 Å². The van der Waals surface area contributed by atoms with Crippen molar-refractivity contribution in [2.45, 2.75) is 38.8 Å². The fourth-order valence-electron chi connectivity index (χ4n) is 2.92. The van der Waals surface area contributed by atoms with Crippen LogP contribution in [-0.2, 0) is 25.6 Å². The van der Waals surface area contributed by atoms with Crippen molar-refractivity contribution in [1.82, 2.24) is 9.80 Å². The molecular weight excluding hydrogens is 324 g/mol. The summed E-state index contributed by atoms with van der Waals surface area (Å²) < 4.78 is 16.0. The lowest BCUT2D eigenvalue weighted by Gasteiger charge is -2.28. The molecule has 2 rings (SSSR count). The number of amides is 2. The van der Waals surface area contributed by atoms with Crippen molar-refractivity contribution < 1.29 is 23.5 Å². The van der Waals surface area contributed by atoms with E-state index in [4.69, 9.17) is 13.9 Å². The number of methoxy groups -OCH3 is 1. The van der Waals surface area contributed by atoms with Gasteiger partial charge in [0, 0.05) is 26.8 Å². The van der Waals surface area contributed by atoms with Crippen molar-refractivity contribution in [3.8, 4) is 0 Å². The van der Waals surface area contributed by atoms with Gasteiger partial charge in [-0.3, -0.25) is 9.59 Å². The maximum atomic E-state index is 12.8. The highest BCUT2D eigenvalue weighted by molar-refractivity contribution is 5.85. The molecule has 2 amide bonds. The minimum Gasteiger partial charge on any atom is -0.467 e. The number of ether oxygens (including phenoxy) is 2. The molecule has 2 heterocycles. The van der Waals surface area contributed by atoms with E-state index in [1.54, 1.807) is 22.1 Å². The maximum absolute atomic E-state index is 12.8. The lowest BCUT2D eigenvalue weighted by molar-refractivity contribution is -0.143. The first-order valence-corrected chi connectivity index (χ1v) is 8.82. The Labute approximate surface area is 148 Å². The average Bonchev–Trinajstić information content (AvgIpc) is 3.28. The van der Waals surface area contributed by atoms with Gasteiger partial charge >= 0.3 is 0 Å². The molecule has 1 aliphatic rings. The van der Waals surface area contributed by atoms with Crippen LogP contribution in [0.4, 0.5) is 0 Å². The highest BCUT2D eigenvalue weighted by Crippen LogP contribution is 2.16. The van der Waals surface area contributed by atoms with Gasteiger partial charge in [-0.1, -0.05) is 6.92 Å². The molecule has 0 unspecified atom stereocenters. The number of hydrogen-bond acceptors (Lipinski definition) is 5. The van der Waals surface area contributed by atoms with E-state index in [1.165, 1.54) is 7.11 Å². The highest BCUT2D eigenvalue weighted by atomic mass is 16.5. The smallest absolute Gasteiger partial charge is 0.249 e. The van der Waals surface area contributed by atoms with Crippen molar-refractivity contribution in [2.24, 2.45) is 0 Å². The summed E-state index contributed by atoms with van der Waals surface area (Å²) in [7, 11) is 1.48. The summed E-state index contributed by atoms with van der Waals surface area (Å²) >= 11 is 0. The van der Waals surface area contributed by atoms with Crippen LogP contribution >= 0.6 is 0 Å². The van der Waals surface area contributed by atoms with Crippen LogP contribution in [0.1, 0.15) is 31.9 Å². The van der Waals surface area contributed by atoms with Crippen LogP contribution in [0.25, 0.3) is 0 Å². The molecule has 1 aliphatic heterocycles. The van der Waals surface area contributed by atoms with Crippen LogP contribution in [0, 0.1) is 0 Å². The topological polar surface area (TPSA) is 72.2 Å². The Balaban J connectivity index is 2.02. The highest BCUT2D eigenvalue weighted by Gasteiger charge is 2.26. The predicted octanol–water partition coefficient (Wildman–Crippen LogP) is 1.67. The van der Waals surface area contributed by atoms with Gasteiger partial charge in [0.1, 0.15) is 12.4 Å². The van der Waals surface area contributed by atoms with E-state index in [2.05, 4.69) is 0 Å². The Kier molecular flexibility index (Phi) is 7.94. The monoisotopic (exact) mass is 352 g/mol. The lowest BCUT2D eigenvalue weighted by atomic mass is 10.2. The lowest BCUT2D eigenvalue weighted by Crippen LogP contribution is -2.46. The minimum atomic E-state index is -0.173. The average molecular weight is 352 g/mol. The summed E-state index contributed by atoms with van der Waals surface area (Å²) in [6, 6.07) is 3.64. The third-order valence-electron chi connectivity index (χ3n) is 4.17. The molecule has 0 N–H and O–H groups in total. The fraction of sp³-hybridized carbons (Fsp3) is 0.667. The molecule has 1 aromatic heterocycles. The molecule has 0 bridgehead atoms. The molecule has 0 radical (unpaired) electrons. The van der Waals surface area contributed by atoms with Crippen LogP contribution in [-0.4, -0.2) is 67.7 Å². The molecule has 1 atom stereocenters. The van der Waals surface area contributed by atoms with Crippen LogP contribution in [0.3, 0.4) is 0 Å². The molecule has 1 aromatic rings. The van der Waals surface area contributed by atoms with Crippen molar-refractivity contribution in [3.05, 3.63) is 24.2 Å². The van der Waals surface area contributed by atoms with Crippen molar-refractivity contribution >= 4 is 11.8 Å². The Morgan fingerprint density at radius 1 is 1.32 bits per heavy atom. The van der Waals surface area contributed by atoms with Gasteiger partial charge in [0.2, 0.25) is 11.8 Å². The van der Waals surface area contributed by atoms with Crippen molar-refractivity contribution in [1.29, 1.82) is 0 Å². The van der Waals surface area contributed by atoms with Crippen molar-refractivity contribution in [2.75, 3.05) is 40.0 Å². The first-order valence-electron chi connectivity index (χ1n) is 8.82. The molecule has 0 aliphatic carbocycles. The van der Waals surface area contributed by atoms with Crippen molar-refractivity contribution in [3.63, 3.8) is 0 Å². The van der Waals surface area contributed by atoms with Gasteiger partial charge < -0.3 is 23.7 Å². The van der Waals surface area contributed by atoms with Gasteiger partial charge in [-0.25, -0.2) is 0 Å². The Hall–Kier alpha value is -1.86. The third kappa shape index (κ3) is 6.17. The molecule has 0 aromatic carbocycles. The standard InChI is InChI=1S/C18H28N2O5/c1-3-8-19(18(22)14-23-2)13-17(21)20(11-15-6-4-9-24-15)12-16-7-5-10-25-16/h4,6,9,16H,3,5,7-8,10-14H2,1-2H3/t16-/m0/s1. The molecule has 1 saturated heterocycles. The maximum Gasteiger partial charge on any atom is 0.249 e. The molecule has 7 heteroatoms. The number of nitrogens with zero attached hydrogens (tertiary/aromatic N) is 2. The summed E-state index contributed by atoms with van der Waals surface area (Å²) in [5, 5.41) is 0. The predicted molar refractivity (Wildman–Crippen MR) is 91.8 cm³/mol. The van der Waals surface area contributed by atoms with Gasteiger partial charge in [0.15, 0.2) is 0 Å². The van der Waals surface area contributed by atoms with E-state index in [1.807, 2.05) is 13.0 Å². The van der Waals surface area contributed by atoms with Gasteiger partial charge in [-0.2, -0.15) is 0 Å². The SMILES string of the molecule is CCCN(CC(=O)N(Cc1ccco1)C[C@@H]1CCCO1)C(=O)COC. The first kappa shape index (κ1) is 19.5. The summed E-state index contributed by atoms with van der Waals surface area (Å²) in [6.45, 7) is 4.16. The molecule has 140 valence electrons. The summed E-state index contributed by atoms with van der Waals surface area (Å²) in [6.07, 6.45) is 4.39. The minimum absolute atomic E-state index is 0.0167. The number of carbonyl (C=O) groups excluding carboxylic acids is 2. The first-order chi connectivity index (χ1) is 12.1. The molecule has 0 spiro atoms. The zero-order valence-corrected chi connectivity index (χ0v) is 15.1. The second-order valence-electron chi connectivity index (χ2n) is 6.24. The third-order valence-corrected chi connectivity index (χ3v) is 4.17. The molecular formula is C18H28N2O5. The van der Waals surface area contributed by atoms with Gasteiger partial charge in [0.25, 0.3) is 0 Å². The Bertz CT molecular complexity index is 526. The van der Waals surface area contributed by atoms with Crippen LogP contribution in [0.15, 0.2) is 22.8 Å². The van der Waals surface area contributed by atoms with E-state index in [0.717, 1.165) is 31.6 Å². The second-order valence-corrected chi connectivity index (χ2v) is 6.24. The quantitative estimate of drug-likeness (QED) is 0.640. The Morgan fingerprint density at radius 2 is 2.16 bits per heavy atom. The van der Waals surface area contributed by atoms with E-state index < -0.39 is 0 Å². The van der Waals surface area contributed by atoms with E-state index in [-0.39, 0.29) is 31.1 Å². The zero-order chi connectivity index (χ0) is 18.1. The summed E-state index contributed by atoms with van der Waals surface area (Å²) in [4.78, 5) is 28.3. The van der Waals surface area contributed by atoms with Gasteiger partial charge in [-0.05, 0) is 31.4 Å². The summed E-state index contributed by atoms with van der Waals surface area (Å²) in [5.74, 6) is 0.439. The van der Waals surface area contributed by atoms with E-state index >= 15 is 0 Å². The zero-order valence-electron chi connectivity index (χ0n) is 15.1. The van der Waals surface area contributed by atoms with Gasteiger partial charge in [-0.15, -0.1) is 0 Å². The fourth-order valence-corrected chi connectivity index (χ4v) is 2.92. The second kappa shape index (κ2) is 10.2. The van der Waals surface area contributed by atoms with E-state index in [0.29, 0.717) is 19.6 Å². The molecule has 25 heavy (non-hydrogen) atoms. The molecule has 1 fully saturated rings. The molecule has 7 nitrogen and oxygen atoms in total. The van der Waals surface area contributed by atoms with Crippen LogP contribution in [0.5, 0.6) is 0 Å². The molecule has 0 saturated carbocycles. The number of rotatable bonds is 10. The van der Waals surface area contributed by atoms with Gasteiger partial charge in [0.05, 0.1) is 25.5 Å². The largest absolute Gasteiger partial charge is 0.467 e. The van der Waals surface area contributed by atoms with E-state index in [9.17, 15) is 9.59 Å².